The van der Waals surface area contributed by atoms with Gasteiger partial charge in [-0.3, -0.25) is 0 Å². The number of aromatic nitrogens is 3. The van der Waals surface area contributed by atoms with Crippen LogP contribution in [-0.2, 0) is 0 Å². The van der Waals surface area contributed by atoms with Gasteiger partial charge in [-0.05, 0) is 57.3 Å². The molecule has 3 aliphatic rings. The molecule has 1 aliphatic heterocycles. The van der Waals surface area contributed by atoms with Gasteiger partial charge in [0.05, 0.1) is 0 Å². The molecular formula is C37H23N3O. The Morgan fingerprint density at radius 2 is 1.20 bits per heavy atom. The molecule has 2 atom stereocenters. The monoisotopic (exact) mass is 525 g/mol. The lowest BCUT2D eigenvalue weighted by Gasteiger charge is -2.16. The van der Waals surface area contributed by atoms with Crippen LogP contribution in [0.4, 0.5) is 0 Å². The Morgan fingerprint density at radius 1 is 0.512 bits per heavy atom. The quantitative estimate of drug-likeness (QED) is 0.232. The molecule has 0 bridgehead atoms. The van der Waals surface area contributed by atoms with E-state index in [1.165, 1.54) is 33.0 Å². The summed E-state index contributed by atoms with van der Waals surface area (Å²) in [6, 6.07) is 35.9. The minimum atomic E-state index is -0.00929. The van der Waals surface area contributed by atoms with E-state index >= 15 is 0 Å². The number of hydrogen-bond donors (Lipinski definition) is 0. The molecule has 6 aromatic rings. The van der Waals surface area contributed by atoms with Crippen LogP contribution in [0.1, 0.15) is 11.5 Å². The zero-order valence-electron chi connectivity index (χ0n) is 22.0. The van der Waals surface area contributed by atoms with Gasteiger partial charge in [0.15, 0.2) is 17.5 Å². The van der Waals surface area contributed by atoms with Crippen LogP contribution in [0.15, 0.2) is 127 Å². The van der Waals surface area contributed by atoms with E-state index in [1.807, 2.05) is 30.3 Å². The maximum absolute atomic E-state index is 6.31. The van der Waals surface area contributed by atoms with E-state index in [2.05, 4.69) is 97.1 Å². The van der Waals surface area contributed by atoms with E-state index in [-0.39, 0.29) is 12.0 Å². The minimum Gasteiger partial charge on any atom is -0.485 e. The molecule has 0 N–H and O–H groups in total. The number of ether oxygens (including phenoxy) is 1. The fraction of sp³-hybridized carbons (Fsp3) is 0.0541. The molecule has 0 saturated heterocycles. The van der Waals surface area contributed by atoms with Crippen LogP contribution in [0.3, 0.4) is 0 Å². The zero-order valence-corrected chi connectivity index (χ0v) is 22.0. The largest absolute Gasteiger partial charge is 0.485 e. The SMILES string of the molecule is C1=CC2Oc3cccc(-c4nc(-c5ccccc5)nc(-c5cc6c7c(cccc7c5)-c5ccccc5-6)n4)c3C2C=C1. The predicted molar refractivity (Wildman–Crippen MR) is 164 cm³/mol. The maximum Gasteiger partial charge on any atom is 0.164 e. The molecule has 1 aromatic heterocycles. The summed E-state index contributed by atoms with van der Waals surface area (Å²) in [5, 5.41) is 2.47. The van der Waals surface area contributed by atoms with Gasteiger partial charge in [-0.1, -0.05) is 103 Å². The van der Waals surface area contributed by atoms with Gasteiger partial charge < -0.3 is 4.74 Å². The van der Waals surface area contributed by atoms with Gasteiger partial charge >= 0.3 is 0 Å². The van der Waals surface area contributed by atoms with Gasteiger partial charge in [0, 0.05) is 28.2 Å². The first-order valence-electron chi connectivity index (χ1n) is 14.0. The minimum absolute atomic E-state index is 0.00929. The smallest absolute Gasteiger partial charge is 0.164 e. The summed E-state index contributed by atoms with van der Waals surface area (Å²) in [5.41, 5.74) is 9.07. The summed E-state index contributed by atoms with van der Waals surface area (Å²) >= 11 is 0. The van der Waals surface area contributed by atoms with Crippen molar-refractivity contribution in [2.24, 2.45) is 0 Å². The third-order valence-corrected chi connectivity index (χ3v) is 8.40. The lowest BCUT2D eigenvalue weighted by molar-refractivity contribution is 0.269. The lowest BCUT2D eigenvalue weighted by Crippen LogP contribution is -2.16. The molecule has 0 radical (unpaired) electrons. The summed E-state index contributed by atoms with van der Waals surface area (Å²) in [4.78, 5) is 15.2. The Kier molecular flexibility index (Phi) is 4.70. The standard InChI is InChI=1S/C37H23N3O/c1-2-10-22(11-3-1)35-38-36(24-20-23-12-8-16-27-25-13-4-5-14-26(25)30(21-24)33(23)27)40-37(39-35)29-17-9-19-32-34(29)28-15-6-7-18-31(28)41-32/h1-21,28,31H. The second-order valence-corrected chi connectivity index (χ2v) is 10.7. The van der Waals surface area contributed by atoms with Gasteiger partial charge in [-0.15, -0.1) is 0 Å². The molecule has 192 valence electrons. The highest BCUT2D eigenvalue weighted by Gasteiger charge is 2.35. The molecule has 41 heavy (non-hydrogen) atoms. The molecule has 5 aromatic carbocycles. The van der Waals surface area contributed by atoms with Gasteiger partial charge in [0.1, 0.15) is 11.9 Å². The van der Waals surface area contributed by atoms with Gasteiger partial charge in [0.2, 0.25) is 0 Å². The van der Waals surface area contributed by atoms with Gasteiger partial charge in [-0.2, -0.15) is 0 Å². The fourth-order valence-electron chi connectivity index (χ4n) is 6.58. The molecule has 4 heteroatoms. The Morgan fingerprint density at radius 3 is 2.07 bits per heavy atom. The Balaban J connectivity index is 1.29. The van der Waals surface area contributed by atoms with Crippen molar-refractivity contribution in [3.8, 4) is 62.2 Å². The van der Waals surface area contributed by atoms with Crippen LogP contribution in [0, 0.1) is 0 Å². The zero-order chi connectivity index (χ0) is 26.9. The lowest BCUT2D eigenvalue weighted by atomic mass is 9.88. The maximum atomic E-state index is 6.31. The molecule has 0 spiro atoms. The van der Waals surface area contributed by atoms with Crippen molar-refractivity contribution in [1.82, 2.24) is 15.0 Å². The number of hydrogen-bond acceptors (Lipinski definition) is 4. The molecule has 4 nitrogen and oxygen atoms in total. The highest BCUT2D eigenvalue weighted by Crippen LogP contribution is 2.49. The van der Waals surface area contributed by atoms with E-state index in [0.717, 1.165) is 28.0 Å². The molecule has 0 saturated carbocycles. The van der Waals surface area contributed by atoms with Crippen LogP contribution >= 0.6 is 0 Å². The highest BCUT2D eigenvalue weighted by atomic mass is 16.5. The van der Waals surface area contributed by atoms with Crippen LogP contribution in [0.25, 0.3) is 67.2 Å². The average molecular weight is 526 g/mol. The van der Waals surface area contributed by atoms with Crippen molar-refractivity contribution in [3.05, 3.63) is 133 Å². The summed E-state index contributed by atoms with van der Waals surface area (Å²) in [6.45, 7) is 0. The first-order chi connectivity index (χ1) is 20.3. The molecule has 0 amide bonds. The number of benzene rings is 5. The second kappa shape index (κ2) is 8.57. The third-order valence-electron chi connectivity index (χ3n) is 8.40. The fourth-order valence-corrected chi connectivity index (χ4v) is 6.58. The molecule has 9 rings (SSSR count). The van der Waals surface area contributed by atoms with Crippen molar-refractivity contribution in [2.45, 2.75) is 12.0 Å². The van der Waals surface area contributed by atoms with E-state index in [1.54, 1.807) is 0 Å². The molecule has 2 heterocycles. The first-order valence-corrected chi connectivity index (χ1v) is 14.0. The highest BCUT2D eigenvalue weighted by molar-refractivity contribution is 6.16. The molecule has 2 unspecified atom stereocenters. The number of nitrogens with zero attached hydrogens (tertiary/aromatic N) is 3. The van der Waals surface area contributed by atoms with Crippen molar-refractivity contribution >= 4 is 10.8 Å². The normalized spacial score (nSPS) is 17.3. The van der Waals surface area contributed by atoms with Crippen molar-refractivity contribution in [2.75, 3.05) is 0 Å². The molecule has 2 aliphatic carbocycles. The summed E-state index contributed by atoms with van der Waals surface area (Å²) in [6.07, 6.45) is 8.46. The van der Waals surface area contributed by atoms with E-state index in [4.69, 9.17) is 19.7 Å². The Hall–Kier alpha value is -5.35. The van der Waals surface area contributed by atoms with E-state index in [9.17, 15) is 0 Å². The van der Waals surface area contributed by atoms with Crippen LogP contribution in [0.2, 0.25) is 0 Å². The van der Waals surface area contributed by atoms with E-state index < -0.39 is 0 Å². The van der Waals surface area contributed by atoms with E-state index in [0.29, 0.717) is 17.5 Å². The molecule has 0 fully saturated rings. The van der Waals surface area contributed by atoms with Crippen molar-refractivity contribution < 1.29 is 4.74 Å². The topological polar surface area (TPSA) is 47.9 Å². The second-order valence-electron chi connectivity index (χ2n) is 10.7. The van der Waals surface area contributed by atoms with Crippen molar-refractivity contribution in [3.63, 3.8) is 0 Å². The summed E-state index contributed by atoms with van der Waals surface area (Å²) in [5.74, 6) is 2.99. The first kappa shape index (κ1) is 22.5. The summed E-state index contributed by atoms with van der Waals surface area (Å²) < 4.78 is 6.31. The van der Waals surface area contributed by atoms with Gasteiger partial charge in [-0.25, -0.2) is 15.0 Å². The number of allylic oxidation sites excluding steroid dienone is 2. The Labute approximate surface area is 237 Å². The van der Waals surface area contributed by atoms with Crippen LogP contribution < -0.4 is 4.74 Å². The van der Waals surface area contributed by atoms with Crippen LogP contribution in [-0.4, -0.2) is 21.1 Å². The van der Waals surface area contributed by atoms with Crippen molar-refractivity contribution in [1.29, 1.82) is 0 Å². The number of fused-ring (bicyclic) bond motifs is 6. The molecular weight excluding hydrogens is 502 g/mol. The Bertz CT molecular complexity index is 2090. The number of rotatable bonds is 3. The summed E-state index contributed by atoms with van der Waals surface area (Å²) in [7, 11) is 0. The average Bonchev–Trinajstić information content (AvgIpc) is 3.58. The van der Waals surface area contributed by atoms with Gasteiger partial charge in [0.25, 0.3) is 0 Å². The third kappa shape index (κ3) is 3.37. The predicted octanol–water partition coefficient (Wildman–Crippen LogP) is 8.64. The van der Waals surface area contributed by atoms with Crippen LogP contribution in [0.5, 0.6) is 5.75 Å².